The average Bonchev–Trinajstić information content (AvgIpc) is 2.18. The Morgan fingerprint density at radius 1 is 1.25 bits per heavy atom. The highest BCUT2D eigenvalue weighted by Gasteiger charge is 2.25. The molecule has 1 atom stereocenters. The summed E-state index contributed by atoms with van der Waals surface area (Å²) < 4.78 is 10.8. The van der Waals surface area contributed by atoms with Crippen LogP contribution in [0, 0.1) is 5.92 Å². The fourth-order valence-electron chi connectivity index (χ4n) is 1.77. The first-order valence-corrected chi connectivity index (χ1v) is 7.42. The minimum Gasteiger partial charge on any atom is -0.395 e. The third kappa shape index (κ3) is 6.40. The lowest BCUT2D eigenvalue weighted by Gasteiger charge is -2.18. The molecule has 0 aliphatic rings. The van der Waals surface area contributed by atoms with Crippen molar-refractivity contribution >= 4 is 15.0 Å². The van der Waals surface area contributed by atoms with Crippen molar-refractivity contribution in [2.75, 3.05) is 14.2 Å². The highest BCUT2D eigenvalue weighted by molar-refractivity contribution is 6.46. The van der Waals surface area contributed by atoms with E-state index in [-0.39, 0.29) is 5.67 Å². The minimum atomic E-state index is -1.24. The van der Waals surface area contributed by atoms with Gasteiger partial charge in [0.25, 0.3) is 0 Å². The van der Waals surface area contributed by atoms with E-state index in [1.165, 1.54) is 5.71 Å². The maximum Gasteiger partial charge on any atom is 0.411 e. The van der Waals surface area contributed by atoms with Gasteiger partial charge in [0.05, 0.1) is 5.67 Å². The molecule has 4 heteroatoms. The van der Waals surface area contributed by atoms with E-state index < -0.39 is 9.28 Å². The molecule has 0 rings (SSSR count). The Morgan fingerprint density at radius 3 is 2.19 bits per heavy atom. The third-order valence-electron chi connectivity index (χ3n) is 2.32. The Balaban J connectivity index is 4.51. The van der Waals surface area contributed by atoms with Crippen molar-refractivity contribution in [1.29, 1.82) is 0 Å². The molecule has 0 aromatic heterocycles. The summed E-state index contributed by atoms with van der Waals surface area (Å²) in [5.74, 6) is 0.659. The van der Waals surface area contributed by atoms with Gasteiger partial charge in [-0.3, -0.25) is 4.99 Å². The van der Waals surface area contributed by atoms with Crippen LogP contribution < -0.4 is 0 Å². The molecule has 0 bridgehead atoms. The predicted octanol–water partition coefficient (Wildman–Crippen LogP) is 2.98. The van der Waals surface area contributed by atoms with Crippen molar-refractivity contribution in [3.8, 4) is 0 Å². The van der Waals surface area contributed by atoms with Gasteiger partial charge in [-0.15, -0.1) is 0 Å². The summed E-state index contributed by atoms with van der Waals surface area (Å²) in [5, 5.41) is 0. The molecule has 0 heterocycles. The van der Waals surface area contributed by atoms with Crippen LogP contribution in [0.3, 0.4) is 0 Å². The topological polar surface area (TPSA) is 30.8 Å². The SMILES string of the molecule is CCCC(N=C(C)CC(C)C)[Si](OC)OC. The van der Waals surface area contributed by atoms with Crippen LogP contribution in [0.1, 0.15) is 47.0 Å². The summed E-state index contributed by atoms with van der Waals surface area (Å²) in [7, 11) is 2.19. The summed E-state index contributed by atoms with van der Waals surface area (Å²) in [6.07, 6.45) is 3.22. The van der Waals surface area contributed by atoms with Gasteiger partial charge in [-0.25, -0.2) is 0 Å². The third-order valence-corrected chi connectivity index (χ3v) is 4.08. The highest BCUT2D eigenvalue weighted by Crippen LogP contribution is 2.11. The zero-order valence-electron chi connectivity index (χ0n) is 11.5. The Morgan fingerprint density at radius 2 is 1.81 bits per heavy atom. The molecule has 3 nitrogen and oxygen atoms in total. The number of hydrogen-bond acceptors (Lipinski definition) is 3. The Hall–Kier alpha value is -0.193. The zero-order chi connectivity index (χ0) is 12.6. The molecule has 16 heavy (non-hydrogen) atoms. The lowest BCUT2D eigenvalue weighted by atomic mass is 10.1. The summed E-state index contributed by atoms with van der Waals surface area (Å²) >= 11 is 0. The van der Waals surface area contributed by atoms with E-state index in [0.717, 1.165) is 19.3 Å². The normalized spacial score (nSPS) is 14.9. The van der Waals surface area contributed by atoms with E-state index in [4.69, 9.17) is 13.8 Å². The standard InChI is InChI=1S/C12H26NO2Si/c1-7-8-12(16(14-5)15-6)13-11(4)9-10(2)3/h10,12H,7-9H2,1-6H3. The van der Waals surface area contributed by atoms with Crippen LogP contribution in [-0.2, 0) is 8.85 Å². The predicted molar refractivity (Wildman–Crippen MR) is 71.0 cm³/mol. The molecule has 0 aromatic carbocycles. The van der Waals surface area contributed by atoms with Gasteiger partial charge in [-0.2, -0.15) is 0 Å². The molecule has 0 saturated carbocycles. The molecule has 1 unspecified atom stereocenters. The van der Waals surface area contributed by atoms with Crippen molar-refractivity contribution in [2.24, 2.45) is 10.9 Å². The number of nitrogens with zero attached hydrogens (tertiary/aromatic N) is 1. The van der Waals surface area contributed by atoms with Crippen molar-refractivity contribution in [3.63, 3.8) is 0 Å². The first kappa shape index (κ1) is 15.8. The molecule has 0 amide bonds. The fourth-order valence-corrected chi connectivity index (χ4v) is 3.33. The van der Waals surface area contributed by atoms with E-state index >= 15 is 0 Å². The van der Waals surface area contributed by atoms with Crippen LogP contribution in [0.15, 0.2) is 4.99 Å². The van der Waals surface area contributed by atoms with Crippen LogP contribution in [0.25, 0.3) is 0 Å². The second kappa shape index (κ2) is 8.90. The van der Waals surface area contributed by atoms with Gasteiger partial charge in [0.2, 0.25) is 0 Å². The molecule has 0 aliphatic heterocycles. The number of rotatable bonds is 8. The molecule has 0 aliphatic carbocycles. The van der Waals surface area contributed by atoms with Gasteiger partial charge in [0.15, 0.2) is 0 Å². The van der Waals surface area contributed by atoms with Crippen molar-refractivity contribution in [3.05, 3.63) is 0 Å². The van der Waals surface area contributed by atoms with Gasteiger partial charge < -0.3 is 8.85 Å². The molecule has 95 valence electrons. The number of hydrogen-bond donors (Lipinski definition) is 0. The van der Waals surface area contributed by atoms with E-state index in [0.29, 0.717) is 5.92 Å². The van der Waals surface area contributed by atoms with Gasteiger partial charge in [0.1, 0.15) is 0 Å². The lowest BCUT2D eigenvalue weighted by molar-refractivity contribution is 0.264. The number of aliphatic imine (C=N–C) groups is 1. The van der Waals surface area contributed by atoms with E-state index in [2.05, 4.69) is 27.7 Å². The van der Waals surface area contributed by atoms with Gasteiger partial charge in [0, 0.05) is 19.9 Å². The molecule has 0 spiro atoms. The molecule has 0 N–H and O–H groups in total. The van der Waals surface area contributed by atoms with Gasteiger partial charge >= 0.3 is 9.28 Å². The van der Waals surface area contributed by atoms with Gasteiger partial charge in [-0.05, 0) is 25.7 Å². The molecule has 0 saturated heterocycles. The second-order valence-corrected chi connectivity index (χ2v) is 6.62. The first-order valence-electron chi connectivity index (χ1n) is 6.03. The molecule has 1 radical (unpaired) electrons. The maximum atomic E-state index is 5.39. The second-order valence-electron chi connectivity index (χ2n) is 4.49. The minimum absolute atomic E-state index is 0.226. The molecule has 0 aromatic rings. The Bertz CT molecular complexity index is 203. The first-order chi connectivity index (χ1) is 7.54. The molecular formula is C12H26NO2Si. The van der Waals surface area contributed by atoms with E-state index in [1.807, 2.05) is 0 Å². The zero-order valence-corrected chi connectivity index (χ0v) is 12.5. The summed E-state index contributed by atoms with van der Waals surface area (Å²) in [4.78, 5) is 4.76. The summed E-state index contributed by atoms with van der Waals surface area (Å²) in [6.45, 7) is 8.71. The molecule has 0 fully saturated rings. The molecular weight excluding hydrogens is 218 g/mol. The van der Waals surface area contributed by atoms with Crippen LogP contribution in [0.4, 0.5) is 0 Å². The summed E-state index contributed by atoms with van der Waals surface area (Å²) in [5.41, 5.74) is 1.44. The largest absolute Gasteiger partial charge is 0.411 e. The Labute approximate surface area is 102 Å². The lowest BCUT2D eigenvalue weighted by Crippen LogP contribution is -2.34. The Kier molecular flexibility index (Phi) is 8.79. The summed E-state index contributed by atoms with van der Waals surface area (Å²) in [6, 6.07) is 0. The maximum absolute atomic E-state index is 5.39. The monoisotopic (exact) mass is 244 g/mol. The van der Waals surface area contributed by atoms with Crippen molar-refractivity contribution < 1.29 is 8.85 Å². The van der Waals surface area contributed by atoms with Crippen molar-refractivity contribution in [2.45, 2.75) is 52.6 Å². The van der Waals surface area contributed by atoms with Crippen LogP contribution in [0.5, 0.6) is 0 Å². The van der Waals surface area contributed by atoms with Crippen molar-refractivity contribution in [1.82, 2.24) is 0 Å². The van der Waals surface area contributed by atoms with Crippen LogP contribution in [0.2, 0.25) is 0 Å². The van der Waals surface area contributed by atoms with Gasteiger partial charge in [-0.1, -0.05) is 27.2 Å². The highest BCUT2D eigenvalue weighted by atomic mass is 28.3. The quantitative estimate of drug-likeness (QED) is 0.485. The fraction of sp³-hybridized carbons (Fsp3) is 0.917. The average molecular weight is 244 g/mol. The van der Waals surface area contributed by atoms with E-state index in [1.54, 1.807) is 14.2 Å². The van der Waals surface area contributed by atoms with E-state index in [9.17, 15) is 0 Å². The van der Waals surface area contributed by atoms with Crippen LogP contribution in [-0.4, -0.2) is 34.9 Å². The van der Waals surface area contributed by atoms with Crippen LogP contribution >= 0.6 is 0 Å². The smallest absolute Gasteiger partial charge is 0.395 e.